The smallest absolute Gasteiger partial charge is 0.246 e. The number of unbranched alkanes of at least 4 members (excludes halogenated alkanes) is 2. The second kappa shape index (κ2) is 7.28. The summed E-state index contributed by atoms with van der Waals surface area (Å²) < 4.78 is 0. The number of hydrogen-bond acceptors (Lipinski definition) is 4. The SMILES string of the molecule is CCCCCC(C(=O)NN)C(=O)NN. The number of hydrazine groups is 2. The minimum absolute atomic E-state index is 0.472. The first-order valence-corrected chi connectivity index (χ1v) is 4.68. The second-order valence-electron chi connectivity index (χ2n) is 3.07. The molecule has 0 aliphatic rings. The van der Waals surface area contributed by atoms with Gasteiger partial charge in [-0.15, -0.1) is 0 Å². The van der Waals surface area contributed by atoms with E-state index in [0.29, 0.717) is 6.42 Å². The van der Waals surface area contributed by atoms with E-state index in [2.05, 4.69) is 0 Å². The summed E-state index contributed by atoms with van der Waals surface area (Å²) in [5, 5.41) is 0. The van der Waals surface area contributed by atoms with Crippen molar-refractivity contribution in [2.45, 2.75) is 32.6 Å². The lowest BCUT2D eigenvalue weighted by Gasteiger charge is -2.12. The summed E-state index contributed by atoms with van der Waals surface area (Å²) in [4.78, 5) is 22.3. The average molecular weight is 202 g/mol. The molecule has 0 aromatic rings. The van der Waals surface area contributed by atoms with Gasteiger partial charge in [0.25, 0.3) is 0 Å². The molecular formula is C8H18N4O2. The molecule has 0 heterocycles. The Labute approximate surface area is 83.3 Å². The molecule has 0 saturated carbocycles. The molecule has 82 valence electrons. The molecular weight excluding hydrogens is 184 g/mol. The molecule has 0 bridgehead atoms. The van der Waals surface area contributed by atoms with Crippen LogP contribution < -0.4 is 22.5 Å². The molecule has 6 N–H and O–H groups in total. The Balaban J connectivity index is 4.11. The minimum atomic E-state index is -0.781. The number of hydrogen-bond donors (Lipinski definition) is 4. The molecule has 2 amide bonds. The van der Waals surface area contributed by atoms with Gasteiger partial charge in [-0.05, 0) is 6.42 Å². The van der Waals surface area contributed by atoms with Gasteiger partial charge in [0.15, 0.2) is 0 Å². The van der Waals surface area contributed by atoms with E-state index in [1.807, 2.05) is 17.8 Å². The molecule has 0 fully saturated rings. The summed E-state index contributed by atoms with van der Waals surface area (Å²) in [5.41, 5.74) is 3.90. The van der Waals surface area contributed by atoms with Gasteiger partial charge in [-0.2, -0.15) is 0 Å². The van der Waals surface area contributed by atoms with Gasteiger partial charge in [-0.25, -0.2) is 11.7 Å². The highest BCUT2D eigenvalue weighted by Crippen LogP contribution is 2.09. The molecule has 0 atom stereocenters. The highest BCUT2D eigenvalue weighted by atomic mass is 16.2. The first-order chi connectivity index (χ1) is 6.67. The van der Waals surface area contributed by atoms with Crippen molar-refractivity contribution in [1.82, 2.24) is 10.9 Å². The van der Waals surface area contributed by atoms with Crippen LogP contribution in [0.3, 0.4) is 0 Å². The van der Waals surface area contributed by atoms with Crippen LogP contribution in [0, 0.1) is 5.92 Å². The lowest BCUT2D eigenvalue weighted by atomic mass is 10.00. The van der Waals surface area contributed by atoms with Crippen LogP contribution in [0.5, 0.6) is 0 Å². The summed E-state index contributed by atoms with van der Waals surface area (Å²) >= 11 is 0. The van der Waals surface area contributed by atoms with Crippen molar-refractivity contribution < 1.29 is 9.59 Å². The molecule has 14 heavy (non-hydrogen) atoms. The van der Waals surface area contributed by atoms with Crippen LogP contribution in [-0.2, 0) is 9.59 Å². The van der Waals surface area contributed by atoms with Gasteiger partial charge in [-0.1, -0.05) is 26.2 Å². The fourth-order valence-electron chi connectivity index (χ4n) is 1.18. The highest BCUT2D eigenvalue weighted by Gasteiger charge is 2.24. The van der Waals surface area contributed by atoms with Crippen molar-refractivity contribution in [2.24, 2.45) is 17.6 Å². The van der Waals surface area contributed by atoms with Crippen molar-refractivity contribution in [2.75, 3.05) is 0 Å². The zero-order valence-corrected chi connectivity index (χ0v) is 8.38. The van der Waals surface area contributed by atoms with Crippen molar-refractivity contribution in [3.63, 3.8) is 0 Å². The van der Waals surface area contributed by atoms with E-state index in [1.165, 1.54) is 0 Å². The Hall–Kier alpha value is -1.14. The lowest BCUT2D eigenvalue weighted by molar-refractivity contribution is -0.135. The van der Waals surface area contributed by atoms with Crippen LogP contribution in [0.2, 0.25) is 0 Å². The van der Waals surface area contributed by atoms with E-state index in [1.54, 1.807) is 0 Å². The third-order valence-corrected chi connectivity index (χ3v) is 2.01. The summed E-state index contributed by atoms with van der Waals surface area (Å²) in [6, 6.07) is 0. The summed E-state index contributed by atoms with van der Waals surface area (Å²) in [5.74, 6) is 8.13. The minimum Gasteiger partial charge on any atom is -0.294 e. The Kier molecular flexibility index (Phi) is 6.69. The Morgan fingerprint density at radius 1 is 1.14 bits per heavy atom. The maximum absolute atomic E-state index is 11.2. The summed E-state index contributed by atoms with van der Waals surface area (Å²) in [7, 11) is 0. The van der Waals surface area contributed by atoms with Gasteiger partial charge >= 0.3 is 0 Å². The number of amides is 2. The van der Waals surface area contributed by atoms with E-state index in [-0.39, 0.29) is 0 Å². The maximum atomic E-state index is 11.2. The molecule has 0 aromatic heterocycles. The van der Waals surface area contributed by atoms with Gasteiger partial charge in [0.05, 0.1) is 0 Å². The molecule has 0 unspecified atom stereocenters. The number of nitrogens with one attached hydrogen (secondary N) is 2. The maximum Gasteiger partial charge on any atom is 0.246 e. The summed E-state index contributed by atoms with van der Waals surface area (Å²) in [6.45, 7) is 2.04. The zero-order valence-electron chi connectivity index (χ0n) is 8.38. The van der Waals surface area contributed by atoms with E-state index in [4.69, 9.17) is 11.7 Å². The molecule has 6 heteroatoms. The molecule has 6 nitrogen and oxygen atoms in total. The Morgan fingerprint density at radius 3 is 2.00 bits per heavy atom. The quantitative estimate of drug-likeness (QED) is 0.148. The number of carbonyl (C=O) groups excluding carboxylic acids is 2. The van der Waals surface area contributed by atoms with E-state index in [9.17, 15) is 9.59 Å². The van der Waals surface area contributed by atoms with Crippen LogP contribution in [0.15, 0.2) is 0 Å². The van der Waals surface area contributed by atoms with Gasteiger partial charge in [0, 0.05) is 0 Å². The fourth-order valence-corrected chi connectivity index (χ4v) is 1.18. The van der Waals surface area contributed by atoms with Crippen molar-refractivity contribution in [1.29, 1.82) is 0 Å². The normalized spacial score (nSPS) is 10.0. The van der Waals surface area contributed by atoms with Gasteiger partial charge in [-0.3, -0.25) is 20.4 Å². The van der Waals surface area contributed by atoms with Crippen molar-refractivity contribution in [3.05, 3.63) is 0 Å². The Morgan fingerprint density at radius 2 is 1.64 bits per heavy atom. The highest BCUT2D eigenvalue weighted by molar-refractivity contribution is 5.99. The Bertz CT molecular complexity index is 180. The first kappa shape index (κ1) is 12.9. The number of carbonyl (C=O) groups is 2. The van der Waals surface area contributed by atoms with Gasteiger partial charge in [0.1, 0.15) is 5.92 Å². The van der Waals surface area contributed by atoms with Crippen molar-refractivity contribution in [3.8, 4) is 0 Å². The topological polar surface area (TPSA) is 110 Å². The average Bonchev–Trinajstić information content (AvgIpc) is 2.22. The third-order valence-electron chi connectivity index (χ3n) is 2.01. The molecule has 0 aliphatic heterocycles. The standard InChI is InChI=1S/C8H18N4O2/c1-2-3-4-5-6(7(13)11-9)8(14)12-10/h6H,2-5,9-10H2,1H3,(H,11,13)(H,12,14). The van der Waals surface area contributed by atoms with Crippen LogP contribution in [-0.4, -0.2) is 11.8 Å². The van der Waals surface area contributed by atoms with Crippen LogP contribution in [0.25, 0.3) is 0 Å². The second-order valence-corrected chi connectivity index (χ2v) is 3.07. The predicted octanol–water partition coefficient (Wildman–Crippen LogP) is -0.837. The van der Waals surface area contributed by atoms with Crippen molar-refractivity contribution >= 4 is 11.8 Å². The van der Waals surface area contributed by atoms with Gasteiger partial charge < -0.3 is 0 Å². The van der Waals surface area contributed by atoms with Crippen LogP contribution in [0.1, 0.15) is 32.6 Å². The molecule has 0 aromatic carbocycles. The lowest BCUT2D eigenvalue weighted by Crippen LogP contribution is -2.45. The van der Waals surface area contributed by atoms with E-state index >= 15 is 0 Å². The number of rotatable bonds is 6. The zero-order chi connectivity index (χ0) is 11.0. The van der Waals surface area contributed by atoms with Gasteiger partial charge in [0.2, 0.25) is 11.8 Å². The molecule has 0 aliphatic carbocycles. The number of nitrogens with two attached hydrogens (primary N) is 2. The van der Waals surface area contributed by atoms with Crippen LogP contribution >= 0.6 is 0 Å². The first-order valence-electron chi connectivity index (χ1n) is 4.68. The summed E-state index contributed by atoms with van der Waals surface area (Å²) in [6.07, 6.45) is 3.29. The van der Waals surface area contributed by atoms with E-state index < -0.39 is 17.7 Å². The molecule has 0 rings (SSSR count). The third kappa shape index (κ3) is 4.20. The largest absolute Gasteiger partial charge is 0.294 e. The monoisotopic (exact) mass is 202 g/mol. The van der Waals surface area contributed by atoms with E-state index in [0.717, 1.165) is 19.3 Å². The molecule has 0 saturated heterocycles. The fraction of sp³-hybridized carbons (Fsp3) is 0.750. The molecule has 0 radical (unpaired) electrons. The predicted molar refractivity (Wildman–Crippen MR) is 52.3 cm³/mol. The molecule has 0 spiro atoms. The van der Waals surface area contributed by atoms with Crippen LogP contribution in [0.4, 0.5) is 0 Å².